The standard InChI is InChI=1S/C19H28N4O5.C6H12N2O/c1-4-19(2,3)8-17(26)28-12-23-11-20-9-14(23)7-13(10-24)21-18(27)15-5-6-16(25)22-15;1-8-4-2-3-5(8)6(7)9/h9-11,13,15H,4-8,12H2,1-3H3,(H,21,27)(H,22,25);5H,2-4H2,1H3,(H2,7,9). The van der Waals surface area contributed by atoms with Crippen molar-refractivity contribution in [2.24, 2.45) is 11.1 Å². The van der Waals surface area contributed by atoms with Gasteiger partial charge in [0.25, 0.3) is 0 Å². The molecule has 2 aliphatic rings. The number of carbonyl (C=O) groups is 5. The number of rotatable bonds is 11. The van der Waals surface area contributed by atoms with Crippen molar-refractivity contribution in [3.05, 3.63) is 18.2 Å². The predicted octanol–water partition coefficient (Wildman–Crippen LogP) is 0.281. The van der Waals surface area contributed by atoms with Gasteiger partial charge in [-0.2, -0.15) is 0 Å². The van der Waals surface area contributed by atoms with Gasteiger partial charge in [-0.15, -0.1) is 0 Å². The fourth-order valence-electron chi connectivity index (χ4n) is 4.06. The zero-order valence-electron chi connectivity index (χ0n) is 22.2. The molecule has 3 amide bonds. The van der Waals surface area contributed by atoms with Crippen LogP contribution in [0.15, 0.2) is 12.5 Å². The molecule has 12 heteroatoms. The Kier molecular flexibility index (Phi) is 11.2. The molecule has 0 bridgehead atoms. The lowest BCUT2D eigenvalue weighted by atomic mass is 9.87. The SMILES string of the molecule is CCC(C)(C)CC(=O)OCn1cncc1CC(C=O)NC(=O)C1CCC(=O)N1.CN1CCCC1C(N)=O. The number of carbonyl (C=O) groups excluding carboxylic acids is 5. The lowest BCUT2D eigenvalue weighted by Gasteiger charge is -2.21. The van der Waals surface area contributed by atoms with Crippen molar-refractivity contribution in [2.45, 2.75) is 90.6 Å². The molecule has 0 spiro atoms. The minimum absolute atomic E-state index is 0.00463. The Balaban J connectivity index is 0.000000449. The first-order valence-electron chi connectivity index (χ1n) is 12.6. The summed E-state index contributed by atoms with van der Waals surface area (Å²) in [6, 6.07) is -1.37. The van der Waals surface area contributed by atoms with Crippen LogP contribution >= 0.6 is 0 Å². The number of esters is 1. The van der Waals surface area contributed by atoms with Crippen molar-refractivity contribution in [3.63, 3.8) is 0 Å². The maximum Gasteiger partial charge on any atom is 0.308 e. The zero-order chi connectivity index (χ0) is 27.6. The first-order chi connectivity index (χ1) is 17.5. The fourth-order valence-corrected chi connectivity index (χ4v) is 4.06. The fraction of sp³-hybridized carbons (Fsp3) is 0.680. The molecule has 3 heterocycles. The van der Waals surface area contributed by atoms with Crippen molar-refractivity contribution in [3.8, 4) is 0 Å². The number of hydrogen-bond acceptors (Lipinski definition) is 8. The monoisotopic (exact) mass is 520 g/mol. The summed E-state index contributed by atoms with van der Waals surface area (Å²) in [4.78, 5) is 63.4. The Morgan fingerprint density at radius 1 is 1.35 bits per heavy atom. The van der Waals surface area contributed by atoms with E-state index in [4.69, 9.17) is 10.5 Å². The highest BCUT2D eigenvalue weighted by Crippen LogP contribution is 2.24. The van der Waals surface area contributed by atoms with Gasteiger partial charge in [0.05, 0.1) is 24.8 Å². The van der Waals surface area contributed by atoms with Crippen molar-refractivity contribution < 1.29 is 28.7 Å². The van der Waals surface area contributed by atoms with Crippen molar-refractivity contribution in [1.82, 2.24) is 25.1 Å². The molecule has 2 saturated heterocycles. The average Bonchev–Trinajstić information content (AvgIpc) is 3.58. The quantitative estimate of drug-likeness (QED) is 0.276. The van der Waals surface area contributed by atoms with E-state index in [0.717, 1.165) is 25.8 Å². The second-order valence-electron chi connectivity index (χ2n) is 10.3. The van der Waals surface area contributed by atoms with Gasteiger partial charge in [-0.25, -0.2) is 4.98 Å². The number of amides is 3. The Morgan fingerprint density at radius 2 is 2.08 bits per heavy atom. The summed E-state index contributed by atoms with van der Waals surface area (Å²) in [5, 5.41) is 5.20. The van der Waals surface area contributed by atoms with Crippen LogP contribution in [0.1, 0.15) is 65.0 Å². The van der Waals surface area contributed by atoms with E-state index in [9.17, 15) is 24.0 Å². The lowest BCUT2D eigenvalue weighted by Crippen LogP contribution is -2.47. The Morgan fingerprint density at radius 3 is 2.59 bits per heavy atom. The number of imidazole rings is 1. The third-order valence-corrected chi connectivity index (χ3v) is 6.82. The largest absolute Gasteiger partial charge is 0.444 e. The highest BCUT2D eigenvalue weighted by atomic mass is 16.5. The van der Waals surface area contributed by atoms with Gasteiger partial charge in [-0.3, -0.25) is 24.1 Å². The van der Waals surface area contributed by atoms with Crippen LogP contribution in [-0.4, -0.2) is 76.1 Å². The molecule has 1 aromatic rings. The summed E-state index contributed by atoms with van der Waals surface area (Å²) in [6.45, 7) is 7.02. The first kappa shape index (κ1) is 29.9. The molecule has 0 aliphatic carbocycles. The van der Waals surface area contributed by atoms with Gasteiger partial charge in [0.15, 0.2) is 6.73 Å². The van der Waals surface area contributed by atoms with E-state index >= 15 is 0 Å². The smallest absolute Gasteiger partial charge is 0.308 e. The second-order valence-corrected chi connectivity index (χ2v) is 10.3. The van der Waals surface area contributed by atoms with E-state index in [1.807, 2.05) is 32.7 Å². The topological polar surface area (TPSA) is 166 Å². The van der Waals surface area contributed by atoms with Crippen molar-refractivity contribution in [2.75, 3.05) is 13.6 Å². The number of likely N-dealkylation sites (tertiary alicyclic amines) is 1. The molecule has 1 aromatic heterocycles. The molecule has 0 saturated carbocycles. The summed E-state index contributed by atoms with van der Waals surface area (Å²) in [6.07, 6.45) is 7.84. The van der Waals surface area contributed by atoms with Gasteiger partial charge in [0, 0.05) is 24.7 Å². The average molecular weight is 521 g/mol. The number of nitrogens with zero attached hydrogens (tertiary/aromatic N) is 3. The summed E-state index contributed by atoms with van der Waals surface area (Å²) < 4.78 is 6.94. The normalized spacial score (nSPS) is 20.4. The van der Waals surface area contributed by atoms with E-state index in [2.05, 4.69) is 15.6 Å². The van der Waals surface area contributed by atoms with Gasteiger partial charge >= 0.3 is 5.97 Å². The van der Waals surface area contributed by atoms with Crippen LogP contribution in [0.4, 0.5) is 0 Å². The van der Waals surface area contributed by atoms with Crippen molar-refractivity contribution >= 4 is 30.0 Å². The van der Waals surface area contributed by atoms with Crippen LogP contribution in [0, 0.1) is 5.41 Å². The molecule has 2 fully saturated rings. The van der Waals surface area contributed by atoms with E-state index in [0.29, 0.717) is 31.2 Å². The molecule has 0 aromatic carbocycles. The van der Waals surface area contributed by atoms with E-state index in [1.54, 1.807) is 10.8 Å². The lowest BCUT2D eigenvalue weighted by molar-refractivity contribution is -0.150. The van der Waals surface area contributed by atoms with Crippen molar-refractivity contribution in [1.29, 1.82) is 0 Å². The third kappa shape index (κ3) is 9.60. The summed E-state index contributed by atoms with van der Waals surface area (Å²) in [5.41, 5.74) is 5.63. The minimum Gasteiger partial charge on any atom is -0.444 e. The molecule has 206 valence electrons. The number of nitrogens with two attached hydrogens (primary N) is 1. The number of primary amides is 1. The van der Waals surface area contributed by atoms with Gasteiger partial charge in [0.1, 0.15) is 12.3 Å². The molecular formula is C25H40N6O6. The Labute approximate surface area is 217 Å². The van der Waals surface area contributed by atoms with E-state index in [1.165, 1.54) is 6.33 Å². The highest BCUT2D eigenvalue weighted by Gasteiger charge is 2.29. The molecule has 4 N–H and O–H groups in total. The summed E-state index contributed by atoms with van der Waals surface area (Å²) in [7, 11) is 1.93. The molecule has 3 atom stereocenters. The van der Waals surface area contributed by atoms with E-state index < -0.39 is 12.1 Å². The Hall–Kier alpha value is -3.28. The van der Waals surface area contributed by atoms with Gasteiger partial charge in [-0.05, 0) is 38.3 Å². The first-order valence-corrected chi connectivity index (χ1v) is 12.6. The van der Waals surface area contributed by atoms with Crippen LogP contribution in [0.3, 0.4) is 0 Å². The maximum absolute atomic E-state index is 12.2. The molecule has 3 unspecified atom stereocenters. The third-order valence-electron chi connectivity index (χ3n) is 6.82. The zero-order valence-corrected chi connectivity index (χ0v) is 22.2. The summed E-state index contributed by atoms with van der Waals surface area (Å²) >= 11 is 0. The molecule has 37 heavy (non-hydrogen) atoms. The van der Waals surface area contributed by atoms with E-state index in [-0.39, 0.29) is 48.3 Å². The van der Waals surface area contributed by atoms with Crippen LogP contribution in [0.25, 0.3) is 0 Å². The number of hydrogen-bond donors (Lipinski definition) is 3. The number of aromatic nitrogens is 2. The highest BCUT2D eigenvalue weighted by molar-refractivity contribution is 5.91. The minimum atomic E-state index is -0.768. The molecule has 3 rings (SSSR count). The number of aldehydes is 1. The van der Waals surface area contributed by atoms with Gasteiger partial charge < -0.3 is 30.5 Å². The number of ether oxygens (including phenoxy) is 1. The predicted molar refractivity (Wildman–Crippen MR) is 135 cm³/mol. The van der Waals surface area contributed by atoms with Crippen LogP contribution in [-0.2, 0) is 41.9 Å². The van der Waals surface area contributed by atoms with Crippen LogP contribution in [0.5, 0.6) is 0 Å². The number of likely N-dealkylation sites (N-methyl/N-ethyl adjacent to an activating group) is 1. The maximum atomic E-state index is 12.2. The van der Waals surface area contributed by atoms with Gasteiger partial charge in [0.2, 0.25) is 17.7 Å². The van der Waals surface area contributed by atoms with Crippen LogP contribution in [0.2, 0.25) is 0 Å². The molecule has 2 aliphatic heterocycles. The number of nitrogens with one attached hydrogen (secondary N) is 2. The molecule has 12 nitrogen and oxygen atoms in total. The second kappa shape index (κ2) is 13.9. The van der Waals surface area contributed by atoms with Crippen LogP contribution < -0.4 is 16.4 Å². The Bertz CT molecular complexity index is 961. The molecule has 0 radical (unpaired) electrons. The van der Waals surface area contributed by atoms with Gasteiger partial charge in [-0.1, -0.05) is 27.2 Å². The molecular weight excluding hydrogens is 480 g/mol. The summed E-state index contributed by atoms with van der Waals surface area (Å²) in [5.74, 6) is -1.05.